The molecule has 0 spiro atoms. The summed E-state index contributed by atoms with van der Waals surface area (Å²) in [6, 6.07) is 8.08. The molecule has 2 rings (SSSR count). The second-order valence-corrected chi connectivity index (χ2v) is 6.69. The first-order valence-electron chi connectivity index (χ1n) is 9.82. The van der Waals surface area contributed by atoms with Crippen molar-refractivity contribution in [2.45, 2.75) is 46.7 Å². The highest BCUT2D eigenvalue weighted by molar-refractivity contribution is 5.79. The van der Waals surface area contributed by atoms with Crippen molar-refractivity contribution >= 4 is 5.96 Å². The maximum atomic E-state index is 5.70. The lowest BCUT2D eigenvalue weighted by Gasteiger charge is -2.14. The van der Waals surface area contributed by atoms with Crippen molar-refractivity contribution in [1.82, 2.24) is 20.4 Å². The van der Waals surface area contributed by atoms with Crippen molar-refractivity contribution in [3.63, 3.8) is 0 Å². The van der Waals surface area contributed by atoms with E-state index >= 15 is 0 Å². The molecule has 1 heterocycles. The molecule has 0 unspecified atom stereocenters. The van der Waals surface area contributed by atoms with Crippen LogP contribution in [0.2, 0.25) is 0 Å². The molecule has 7 nitrogen and oxygen atoms in total. The largest absolute Gasteiger partial charge is 0.493 e. The van der Waals surface area contributed by atoms with Gasteiger partial charge in [0.15, 0.2) is 17.5 Å². The molecule has 1 aromatic carbocycles. The van der Waals surface area contributed by atoms with Crippen molar-refractivity contribution in [2.75, 3.05) is 27.3 Å². The zero-order chi connectivity index (χ0) is 20.4. The molecule has 2 N–H and O–H groups in total. The van der Waals surface area contributed by atoms with Gasteiger partial charge in [-0.2, -0.15) is 5.10 Å². The van der Waals surface area contributed by atoms with E-state index in [4.69, 9.17) is 9.47 Å². The fraction of sp³-hybridized carbons (Fsp3) is 0.524. The highest BCUT2D eigenvalue weighted by atomic mass is 16.5. The summed E-state index contributed by atoms with van der Waals surface area (Å²) in [5.41, 5.74) is 3.36. The Morgan fingerprint density at radius 3 is 2.64 bits per heavy atom. The van der Waals surface area contributed by atoms with E-state index in [9.17, 15) is 0 Å². The van der Waals surface area contributed by atoms with Crippen molar-refractivity contribution in [3.8, 4) is 11.5 Å². The molecule has 0 atom stereocenters. The Bertz CT molecular complexity index is 770. The molecule has 0 fully saturated rings. The third-order valence-electron chi connectivity index (χ3n) is 4.32. The molecule has 28 heavy (non-hydrogen) atoms. The molecule has 0 radical (unpaired) electrons. The van der Waals surface area contributed by atoms with Crippen LogP contribution in [0.4, 0.5) is 0 Å². The minimum absolute atomic E-state index is 0.654. The van der Waals surface area contributed by atoms with Gasteiger partial charge in [-0.1, -0.05) is 13.0 Å². The molecule has 0 bridgehead atoms. The normalized spacial score (nSPS) is 11.4. The minimum Gasteiger partial charge on any atom is -0.493 e. The number of rotatable bonds is 10. The van der Waals surface area contributed by atoms with Crippen molar-refractivity contribution in [1.29, 1.82) is 0 Å². The zero-order valence-corrected chi connectivity index (χ0v) is 17.7. The number of guanidine groups is 1. The van der Waals surface area contributed by atoms with E-state index in [-0.39, 0.29) is 0 Å². The number of nitrogens with one attached hydrogen (secondary N) is 2. The monoisotopic (exact) mass is 387 g/mol. The number of hydrogen-bond acceptors (Lipinski definition) is 4. The van der Waals surface area contributed by atoms with E-state index < -0.39 is 0 Å². The molecule has 0 saturated heterocycles. The van der Waals surface area contributed by atoms with Gasteiger partial charge in [0.25, 0.3) is 0 Å². The Morgan fingerprint density at radius 2 is 2.00 bits per heavy atom. The van der Waals surface area contributed by atoms with Crippen LogP contribution in [0.3, 0.4) is 0 Å². The fourth-order valence-electron chi connectivity index (χ4n) is 2.90. The Morgan fingerprint density at radius 1 is 1.18 bits per heavy atom. The smallest absolute Gasteiger partial charge is 0.191 e. The molecule has 1 aromatic heterocycles. The van der Waals surface area contributed by atoms with Gasteiger partial charge in [-0.3, -0.25) is 9.67 Å². The molecular formula is C21H33N5O2. The van der Waals surface area contributed by atoms with E-state index in [1.807, 2.05) is 29.8 Å². The predicted octanol–water partition coefficient (Wildman–Crippen LogP) is 3.05. The Balaban J connectivity index is 1.79. The number of aryl methyl sites for hydroxylation is 3. The van der Waals surface area contributed by atoms with E-state index in [1.165, 1.54) is 5.69 Å². The number of nitrogens with zero attached hydrogens (tertiary/aromatic N) is 3. The van der Waals surface area contributed by atoms with Gasteiger partial charge in [0, 0.05) is 32.4 Å². The second-order valence-electron chi connectivity index (χ2n) is 6.69. The van der Waals surface area contributed by atoms with Crippen LogP contribution < -0.4 is 20.1 Å². The summed E-state index contributed by atoms with van der Waals surface area (Å²) in [6.07, 6.45) is 1.94. The summed E-state index contributed by atoms with van der Waals surface area (Å²) < 4.78 is 13.2. The maximum absolute atomic E-state index is 5.70. The summed E-state index contributed by atoms with van der Waals surface area (Å²) in [5.74, 6) is 2.30. The van der Waals surface area contributed by atoms with Gasteiger partial charge < -0.3 is 20.1 Å². The van der Waals surface area contributed by atoms with Gasteiger partial charge in [-0.15, -0.1) is 0 Å². The Hall–Kier alpha value is -2.70. The minimum atomic E-state index is 0.654. The molecule has 2 aromatic rings. The van der Waals surface area contributed by atoms with E-state index in [2.05, 4.69) is 40.6 Å². The van der Waals surface area contributed by atoms with E-state index in [1.54, 1.807) is 14.2 Å². The van der Waals surface area contributed by atoms with Crippen molar-refractivity contribution in [3.05, 3.63) is 41.2 Å². The van der Waals surface area contributed by atoms with Crippen molar-refractivity contribution < 1.29 is 9.47 Å². The van der Waals surface area contributed by atoms with Crippen LogP contribution in [0.25, 0.3) is 0 Å². The van der Waals surface area contributed by atoms with Crippen LogP contribution in [0, 0.1) is 13.8 Å². The SMILES string of the molecule is CCCOc1ccc(CNC(=NC)NCCCn2nc(C)cc2C)cc1OC. The third kappa shape index (κ3) is 6.48. The average molecular weight is 388 g/mol. The molecule has 0 saturated carbocycles. The third-order valence-corrected chi connectivity index (χ3v) is 4.32. The van der Waals surface area contributed by atoms with Gasteiger partial charge in [-0.25, -0.2) is 0 Å². The van der Waals surface area contributed by atoms with Gasteiger partial charge in [0.1, 0.15) is 0 Å². The van der Waals surface area contributed by atoms with Crippen LogP contribution in [0.15, 0.2) is 29.3 Å². The zero-order valence-electron chi connectivity index (χ0n) is 17.7. The Kier molecular flexibility index (Phi) is 8.65. The first kappa shape index (κ1) is 21.6. The maximum Gasteiger partial charge on any atom is 0.191 e. The topological polar surface area (TPSA) is 72.7 Å². The summed E-state index contributed by atoms with van der Waals surface area (Å²) in [7, 11) is 3.44. The lowest BCUT2D eigenvalue weighted by molar-refractivity contribution is 0.294. The molecule has 7 heteroatoms. The molecule has 0 aliphatic rings. The molecule has 154 valence electrons. The Labute approximate surface area is 168 Å². The second kappa shape index (κ2) is 11.2. The van der Waals surface area contributed by atoms with E-state index in [0.717, 1.165) is 54.6 Å². The number of hydrogen-bond donors (Lipinski definition) is 2. The van der Waals surface area contributed by atoms with Crippen LogP contribution in [-0.2, 0) is 13.1 Å². The van der Waals surface area contributed by atoms with Gasteiger partial charge in [-0.05, 0) is 50.5 Å². The molecule has 0 amide bonds. The van der Waals surface area contributed by atoms with E-state index in [0.29, 0.717) is 13.2 Å². The predicted molar refractivity (Wildman–Crippen MR) is 113 cm³/mol. The van der Waals surface area contributed by atoms with Crippen LogP contribution in [0.1, 0.15) is 36.7 Å². The first-order chi connectivity index (χ1) is 13.6. The van der Waals surface area contributed by atoms with Crippen LogP contribution >= 0.6 is 0 Å². The highest BCUT2D eigenvalue weighted by Crippen LogP contribution is 2.28. The fourth-order valence-corrected chi connectivity index (χ4v) is 2.90. The quantitative estimate of drug-likeness (QED) is 0.372. The lowest BCUT2D eigenvalue weighted by atomic mass is 10.2. The summed E-state index contributed by atoms with van der Waals surface area (Å²) in [6.45, 7) is 9.24. The van der Waals surface area contributed by atoms with Crippen LogP contribution in [0.5, 0.6) is 11.5 Å². The number of ether oxygens (including phenoxy) is 2. The summed E-state index contributed by atoms with van der Waals surface area (Å²) >= 11 is 0. The van der Waals surface area contributed by atoms with Crippen molar-refractivity contribution in [2.24, 2.45) is 4.99 Å². The number of aromatic nitrogens is 2. The van der Waals surface area contributed by atoms with Gasteiger partial charge >= 0.3 is 0 Å². The van der Waals surface area contributed by atoms with Gasteiger partial charge in [0.05, 0.1) is 19.4 Å². The lowest BCUT2D eigenvalue weighted by Crippen LogP contribution is -2.37. The molecule has 0 aliphatic carbocycles. The summed E-state index contributed by atoms with van der Waals surface area (Å²) in [4.78, 5) is 4.29. The molecule has 0 aliphatic heterocycles. The first-order valence-corrected chi connectivity index (χ1v) is 9.82. The van der Waals surface area contributed by atoms with Crippen LogP contribution in [-0.4, -0.2) is 43.0 Å². The highest BCUT2D eigenvalue weighted by Gasteiger charge is 2.06. The molecular weight excluding hydrogens is 354 g/mol. The average Bonchev–Trinajstić information content (AvgIpc) is 3.03. The number of benzene rings is 1. The standard InChI is InChI=1S/C21H33N5O2/c1-6-12-28-19-9-8-18(14-20(19)27-5)15-24-21(22-4)23-10-7-11-26-17(3)13-16(2)25-26/h8-9,13-14H,6-7,10-12,15H2,1-5H3,(H2,22,23,24). The number of methoxy groups -OCH3 is 1. The number of aliphatic imine (C=N–C) groups is 1. The van der Waals surface area contributed by atoms with Gasteiger partial charge in [0.2, 0.25) is 0 Å². The summed E-state index contributed by atoms with van der Waals surface area (Å²) in [5, 5.41) is 11.2.